The van der Waals surface area contributed by atoms with E-state index >= 15 is 0 Å². The van der Waals surface area contributed by atoms with Crippen LogP contribution in [-0.2, 0) is 14.3 Å². The largest absolute Gasteiger partial charge is 0.381 e. The molecule has 2 amide bonds. The van der Waals surface area contributed by atoms with Crippen LogP contribution >= 0.6 is 0 Å². The molecule has 1 atom stereocenters. The van der Waals surface area contributed by atoms with Crippen LogP contribution in [0.1, 0.15) is 12.8 Å². The van der Waals surface area contributed by atoms with E-state index in [0.717, 1.165) is 12.8 Å². The molecule has 2 heterocycles. The number of rotatable bonds is 6. The van der Waals surface area contributed by atoms with E-state index in [1.807, 2.05) is 4.90 Å². The molecule has 0 saturated carbocycles. The summed E-state index contributed by atoms with van der Waals surface area (Å²) in [5, 5.41) is 2.76. The van der Waals surface area contributed by atoms with Crippen LogP contribution in [0.3, 0.4) is 0 Å². The lowest BCUT2D eigenvalue weighted by Gasteiger charge is -2.37. The summed E-state index contributed by atoms with van der Waals surface area (Å²) in [4.78, 5) is 28.1. The molecule has 0 radical (unpaired) electrons. The predicted molar refractivity (Wildman–Crippen MR) is 87.7 cm³/mol. The minimum absolute atomic E-state index is 0.0106. The quantitative estimate of drug-likeness (QED) is 0.624. The molecule has 1 unspecified atom stereocenters. The Hall–Kier alpha value is -1.44. The minimum Gasteiger partial charge on any atom is -0.381 e. The van der Waals surface area contributed by atoms with Crippen molar-refractivity contribution in [1.82, 2.24) is 15.1 Å². The number of hydrogen-bond donors (Lipinski definition) is 2. The third kappa shape index (κ3) is 5.30. The molecule has 2 aliphatic rings. The van der Waals surface area contributed by atoms with Gasteiger partial charge in [0.15, 0.2) is 0 Å². The third-order valence-corrected chi connectivity index (χ3v) is 4.55. The zero-order chi connectivity index (χ0) is 16.7. The van der Waals surface area contributed by atoms with Crippen molar-refractivity contribution in [3.05, 3.63) is 12.7 Å². The maximum Gasteiger partial charge on any atom is 0.239 e. The van der Waals surface area contributed by atoms with Gasteiger partial charge in [-0.1, -0.05) is 6.08 Å². The fraction of sp³-hybridized carbons (Fsp3) is 0.750. The smallest absolute Gasteiger partial charge is 0.239 e. The van der Waals surface area contributed by atoms with Crippen molar-refractivity contribution in [2.45, 2.75) is 18.9 Å². The molecule has 0 bridgehead atoms. The molecule has 7 heteroatoms. The van der Waals surface area contributed by atoms with E-state index in [9.17, 15) is 9.59 Å². The summed E-state index contributed by atoms with van der Waals surface area (Å²) in [5.74, 6) is 0.246. The van der Waals surface area contributed by atoms with Crippen LogP contribution in [0.25, 0.3) is 0 Å². The zero-order valence-corrected chi connectivity index (χ0v) is 13.7. The number of nitrogens with two attached hydrogens (primary N) is 1. The van der Waals surface area contributed by atoms with Gasteiger partial charge in [-0.15, -0.1) is 6.58 Å². The van der Waals surface area contributed by atoms with Crippen LogP contribution in [0.4, 0.5) is 0 Å². The van der Waals surface area contributed by atoms with E-state index in [0.29, 0.717) is 52.5 Å². The SMILES string of the molecule is C=CCNC(=O)CN1CCN(C(=O)C(N)C2CCOCC2)CC1. The number of amides is 2. The predicted octanol–water partition coefficient (Wildman–Crippen LogP) is -0.813. The summed E-state index contributed by atoms with van der Waals surface area (Å²) in [6.07, 6.45) is 3.37. The normalized spacial score (nSPS) is 21.7. The Kier molecular flexibility index (Phi) is 7.01. The molecule has 0 aliphatic carbocycles. The first-order valence-corrected chi connectivity index (χ1v) is 8.34. The molecule has 130 valence electrons. The first kappa shape index (κ1) is 17.9. The van der Waals surface area contributed by atoms with Gasteiger partial charge in [-0.2, -0.15) is 0 Å². The van der Waals surface area contributed by atoms with Gasteiger partial charge in [0.05, 0.1) is 12.6 Å². The van der Waals surface area contributed by atoms with Crippen molar-refractivity contribution in [3.63, 3.8) is 0 Å². The number of carbonyl (C=O) groups excluding carboxylic acids is 2. The molecule has 0 spiro atoms. The van der Waals surface area contributed by atoms with Crippen molar-refractivity contribution in [1.29, 1.82) is 0 Å². The maximum atomic E-state index is 12.5. The minimum atomic E-state index is -0.429. The third-order valence-electron chi connectivity index (χ3n) is 4.55. The average Bonchev–Trinajstić information content (AvgIpc) is 2.60. The van der Waals surface area contributed by atoms with Crippen LogP contribution in [0.5, 0.6) is 0 Å². The molecule has 7 nitrogen and oxygen atoms in total. The van der Waals surface area contributed by atoms with Gasteiger partial charge in [-0.05, 0) is 18.8 Å². The van der Waals surface area contributed by atoms with Crippen molar-refractivity contribution in [2.24, 2.45) is 11.7 Å². The molecular weight excluding hydrogens is 296 g/mol. The number of nitrogens with one attached hydrogen (secondary N) is 1. The van der Waals surface area contributed by atoms with E-state index < -0.39 is 6.04 Å². The second-order valence-corrected chi connectivity index (χ2v) is 6.17. The van der Waals surface area contributed by atoms with Crippen LogP contribution in [0.2, 0.25) is 0 Å². The monoisotopic (exact) mass is 324 g/mol. The first-order valence-electron chi connectivity index (χ1n) is 8.34. The fourth-order valence-electron chi connectivity index (χ4n) is 3.06. The second-order valence-electron chi connectivity index (χ2n) is 6.17. The topological polar surface area (TPSA) is 87.9 Å². The second kappa shape index (κ2) is 9.00. The summed E-state index contributed by atoms with van der Waals surface area (Å²) in [7, 11) is 0. The Bertz CT molecular complexity index is 416. The highest BCUT2D eigenvalue weighted by Gasteiger charge is 2.31. The summed E-state index contributed by atoms with van der Waals surface area (Å²) in [6, 6.07) is -0.429. The summed E-state index contributed by atoms with van der Waals surface area (Å²) in [5.41, 5.74) is 6.16. The van der Waals surface area contributed by atoms with Crippen LogP contribution in [-0.4, -0.2) is 80.1 Å². The molecule has 2 fully saturated rings. The van der Waals surface area contributed by atoms with E-state index in [-0.39, 0.29) is 17.7 Å². The van der Waals surface area contributed by atoms with Crippen molar-refractivity contribution in [3.8, 4) is 0 Å². The van der Waals surface area contributed by atoms with Crippen molar-refractivity contribution < 1.29 is 14.3 Å². The van der Waals surface area contributed by atoms with E-state index in [4.69, 9.17) is 10.5 Å². The summed E-state index contributed by atoms with van der Waals surface area (Å²) >= 11 is 0. The van der Waals surface area contributed by atoms with Gasteiger partial charge in [0.1, 0.15) is 0 Å². The lowest BCUT2D eigenvalue weighted by atomic mass is 9.91. The summed E-state index contributed by atoms with van der Waals surface area (Å²) in [6.45, 7) is 8.47. The standard InChI is InChI=1S/C16H28N4O3/c1-2-5-18-14(21)12-19-6-8-20(9-7-19)16(22)15(17)13-3-10-23-11-4-13/h2,13,15H,1,3-12,17H2,(H,18,21). The van der Waals surface area contributed by atoms with Crippen LogP contribution in [0, 0.1) is 5.92 Å². The maximum absolute atomic E-state index is 12.5. The van der Waals surface area contributed by atoms with Gasteiger partial charge < -0.3 is 20.7 Å². The highest BCUT2D eigenvalue weighted by molar-refractivity contribution is 5.82. The molecule has 0 aromatic rings. The fourth-order valence-corrected chi connectivity index (χ4v) is 3.06. The molecule has 0 aromatic carbocycles. The number of nitrogens with zero attached hydrogens (tertiary/aromatic N) is 2. The molecule has 3 N–H and O–H groups in total. The molecular formula is C16H28N4O3. The Morgan fingerprint density at radius 2 is 1.91 bits per heavy atom. The van der Waals surface area contributed by atoms with Crippen LogP contribution in [0.15, 0.2) is 12.7 Å². The van der Waals surface area contributed by atoms with Gasteiger partial charge in [-0.3, -0.25) is 14.5 Å². The lowest BCUT2D eigenvalue weighted by Crippen LogP contribution is -2.56. The van der Waals surface area contributed by atoms with Gasteiger partial charge in [0.25, 0.3) is 0 Å². The Morgan fingerprint density at radius 3 is 2.52 bits per heavy atom. The number of piperazine rings is 1. The number of hydrogen-bond acceptors (Lipinski definition) is 5. The molecule has 0 aromatic heterocycles. The highest BCUT2D eigenvalue weighted by Crippen LogP contribution is 2.19. The van der Waals surface area contributed by atoms with E-state index in [1.54, 1.807) is 6.08 Å². The van der Waals surface area contributed by atoms with Gasteiger partial charge in [0, 0.05) is 45.9 Å². The van der Waals surface area contributed by atoms with Crippen molar-refractivity contribution in [2.75, 3.05) is 52.5 Å². The van der Waals surface area contributed by atoms with Gasteiger partial charge >= 0.3 is 0 Å². The molecule has 2 aliphatic heterocycles. The number of carbonyl (C=O) groups is 2. The first-order chi connectivity index (χ1) is 11.1. The highest BCUT2D eigenvalue weighted by atomic mass is 16.5. The van der Waals surface area contributed by atoms with Crippen LogP contribution < -0.4 is 11.1 Å². The van der Waals surface area contributed by atoms with Crippen molar-refractivity contribution >= 4 is 11.8 Å². The average molecular weight is 324 g/mol. The Morgan fingerprint density at radius 1 is 1.26 bits per heavy atom. The molecule has 2 saturated heterocycles. The Labute approximate surface area is 137 Å². The zero-order valence-electron chi connectivity index (χ0n) is 13.7. The molecule has 23 heavy (non-hydrogen) atoms. The lowest BCUT2D eigenvalue weighted by molar-refractivity contribution is -0.136. The number of ether oxygens (including phenoxy) is 1. The van der Waals surface area contributed by atoms with Gasteiger partial charge in [-0.25, -0.2) is 0 Å². The molecule has 2 rings (SSSR count). The van der Waals surface area contributed by atoms with E-state index in [1.165, 1.54) is 0 Å². The van der Waals surface area contributed by atoms with Gasteiger partial charge in [0.2, 0.25) is 11.8 Å². The Balaban J connectivity index is 1.73. The van der Waals surface area contributed by atoms with E-state index in [2.05, 4.69) is 16.8 Å². The summed E-state index contributed by atoms with van der Waals surface area (Å²) < 4.78 is 5.32.